The van der Waals surface area contributed by atoms with Crippen LogP contribution in [0, 0.1) is 0 Å². The molecule has 1 aliphatic rings. The normalized spacial score (nSPS) is 18.4. The third-order valence-electron chi connectivity index (χ3n) is 4.26. The molecular weight excluding hydrogens is 284 g/mol. The highest BCUT2D eigenvalue weighted by molar-refractivity contribution is 5.30. The maximum Gasteiger partial charge on any atom is 0.126 e. The van der Waals surface area contributed by atoms with Crippen molar-refractivity contribution < 1.29 is 4.74 Å². The Balaban J connectivity index is 1.84. The van der Waals surface area contributed by atoms with E-state index in [9.17, 15) is 0 Å². The number of hydrogen-bond donors (Lipinski definition) is 1. The molecule has 1 fully saturated rings. The first kappa shape index (κ1) is 17.8. The molecular formula is C20H30N2O. The number of ether oxygens (including phenoxy) is 1. The molecule has 2 rings (SSSR count). The third kappa shape index (κ3) is 6.20. The number of rotatable bonds is 7. The van der Waals surface area contributed by atoms with E-state index in [4.69, 9.17) is 4.74 Å². The second kappa shape index (κ2) is 8.90. The molecule has 1 atom stereocenters. The zero-order chi connectivity index (χ0) is 16.7. The molecule has 0 saturated heterocycles. The van der Waals surface area contributed by atoms with Crippen LogP contribution >= 0.6 is 0 Å². The Kier molecular flexibility index (Phi) is 6.87. The molecule has 1 aromatic rings. The summed E-state index contributed by atoms with van der Waals surface area (Å²) in [5, 5.41) is 3.53. The predicted octanol–water partition coefficient (Wildman–Crippen LogP) is 4.29. The van der Waals surface area contributed by atoms with E-state index in [-0.39, 0.29) is 0 Å². The first-order chi connectivity index (χ1) is 11.0. The van der Waals surface area contributed by atoms with Crippen LogP contribution in [0.4, 0.5) is 0 Å². The summed E-state index contributed by atoms with van der Waals surface area (Å²) in [6, 6.07) is 8.73. The van der Waals surface area contributed by atoms with Crippen molar-refractivity contribution >= 4 is 0 Å². The summed E-state index contributed by atoms with van der Waals surface area (Å²) in [5.74, 6) is 0.901. The highest BCUT2D eigenvalue weighted by atomic mass is 16.5. The molecule has 0 bridgehead atoms. The SMILES string of the molecule is C=C1CCC/C(=C\Oc2ccc(C(C)NCCN(C)C)cc2)C1. The lowest BCUT2D eigenvalue weighted by Crippen LogP contribution is -2.28. The summed E-state index contributed by atoms with van der Waals surface area (Å²) >= 11 is 0. The molecule has 0 spiro atoms. The van der Waals surface area contributed by atoms with E-state index < -0.39 is 0 Å². The van der Waals surface area contributed by atoms with Crippen LogP contribution in [0.2, 0.25) is 0 Å². The highest BCUT2D eigenvalue weighted by Gasteiger charge is 2.09. The van der Waals surface area contributed by atoms with Crippen LogP contribution in [0.25, 0.3) is 0 Å². The van der Waals surface area contributed by atoms with Gasteiger partial charge in [-0.05, 0) is 70.0 Å². The second-order valence-electron chi connectivity index (χ2n) is 6.72. The maximum absolute atomic E-state index is 5.81. The summed E-state index contributed by atoms with van der Waals surface area (Å²) in [7, 11) is 4.18. The lowest BCUT2D eigenvalue weighted by Gasteiger charge is -2.17. The topological polar surface area (TPSA) is 24.5 Å². The largest absolute Gasteiger partial charge is 0.465 e. The molecule has 1 aromatic carbocycles. The van der Waals surface area contributed by atoms with E-state index in [0.29, 0.717) is 6.04 Å². The van der Waals surface area contributed by atoms with E-state index in [1.165, 1.54) is 23.1 Å². The molecule has 0 amide bonds. The Morgan fingerprint density at radius 1 is 1.26 bits per heavy atom. The van der Waals surface area contributed by atoms with Crippen LogP contribution in [0.1, 0.15) is 44.2 Å². The molecule has 0 heterocycles. The fourth-order valence-corrected chi connectivity index (χ4v) is 2.77. The Bertz CT molecular complexity index is 531. The summed E-state index contributed by atoms with van der Waals surface area (Å²) in [6.45, 7) is 8.31. The quantitative estimate of drug-likeness (QED) is 0.600. The Morgan fingerprint density at radius 3 is 2.65 bits per heavy atom. The molecule has 3 heteroatoms. The van der Waals surface area contributed by atoms with E-state index in [2.05, 4.69) is 49.9 Å². The van der Waals surface area contributed by atoms with Gasteiger partial charge >= 0.3 is 0 Å². The molecule has 0 radical (unpaired) electrons. The molecule has 126 valence electrons. The van der Waals surface area contributed by atoms with Crippen molar-refractivity contribution in [3.63, 3.8) is 0 Å². The van der Waals surface area contributed by atoms with Gasteiger partial charge in [-0.2, -0.15) is 0 Å². The summed E-state index contributed by atoms with van der Waals surface area (Å²) in [4.78, 5) is 2.18. The molecule has 0 aliphatic heterocycles. The van der Waals surface area contributed by atoms with Crippen LogP contribution in [-0.2, 0) is 0 Å². The molecule has 1 unspecified atom stereocenters. The predicted molar refractivity (Wildman–Crippen MR) is 97.7 cm³/mol. The average molecular weight is 314 g/mol. The zero-order valence-electron chi connectivity index (χ0n) is 14.8. The number of allylic oxidation sites excluding steroid dienone is 2. The van der Waals surface area contributed by atoms with Crippen LogP contribution < -0.4 is 10.1 Å². The van der Waals surface area contributed by atoms with Gasteiger partial charge in [-0.3, -0.25) is 0 Å². The van der Waals surface area contributed by atoms with Gasteiger partial charge in [0.25, 0.3) is 0 Å². The summed E-state index contributed by atoms with van der Waals surface area (Å²) in [5.41, 5.74) is 3.96. The monoisotopic (exact) mass is 314 g/mol. The number of hydrogen-bond acceptors (Lipinski definition) is 3. The molecule has 0 aromatic heterocycles. The fraction of sp³-hybridized carbons (Fsp3) is 0.500. The molecule has 23 heavy (non-hydrogen) atoms. The third-order valence-corrected chi connectivity index (χ3v) is 4.26. The fourth-order valence-electron chi connectivity index (χ4n) is 2.77. The van der Waals surface area contributed by atoms with Crippen molar-refractivity contribution in [3.05, 3.63) is 53.8 Å². The average Bonchev–Trinajstić information content (AvgIpc) is 2.53. The standard InChI is InChI=1S/C20H30N2O/c1-16-6-5-7-18(14-16)15-23-20-10-8-19(9-11-20)17(2)21-12-13-22(3)4/h8-11,15,17,21H,1,5-7,12-14H2,2-4H3/b18-15+. The lowest BCUT2D eigenvalue weighted by molar-refractivity contribution is 0.389. The van der Waals surface area contributed by atoms with Gasteiger partial charge in [0.1, 0.15) is 5.75 Å². The zero-order valence-corrected chi connectivity index (χ0v) is 14.8. The first-order valence-corrected chi connectivity index (χ1v) is 8.54. The van der Waals surface area contributed by atoms with Gasteiger partial charge in [-0.1, -0.05) is 24.3 Å². The van der Waals surface area contributed by atoms with Crippen LogP contribution in [0.3, 0.4) is 0 Å². The Morgan fingerprint density at radius 2 is 2.00 bits per heavy atom. The van der Waals surface area contributed by atoms with Crippen molar-refractivity contribution in [2.45, 2.75) is 38.6 Å². The minimum absolute atomic E-state index is 0.351. The summed E-state index contributed by atoms with van der Waals surface area (Å²) < 4.78 is 5.81. The smallest absolute Gasteiger partial charge is 0.126 e. The van der Waals surface area contributed by atoms with E-state index in [1.54, 1.807) is 0 Å². The number of likely N-dealkylation sites (N-methyl/N-ethyl adjacent to an activating group) is 1. The molecule has 1 aliphatic carbocycles. The van der Waals surface area contributed by atoms with Crippen molar-refractivity contribution in [1.29, 1.82) is 0 Å². The lowest BCUT2D eigenvalue weighted by atomic mass is 9.92. The van der Waals surface area contributed by atoms with Gasteiger partial charge in [0, 0.05) is 19.1 Å². The van der Waals surface area contributed by atoms with Crippen LogP contribution in [-0.4, -0.2) is 32.1 Å². The van der Waals surface area contributed by atoms with Gasteiger partial charge < -0.3 is 15.0 Å². The molecule has 1 N–H and O–H groups in total. The van der Waals surface area contributed by atoms with Gasteiger partial charge in [-0.15, -0.1) is 0 Å². The van der Waals surface area contributed by atoms with Gasteiger partial charge in [0.15, 0.2) is 0 Å². The van der Waals surface area contributed by atoms with Crippen molar-refractivity contribution in [2.24, 2.45) is 0 Å². The van der Waals surface area contributed by atoms with E-state index in [0.717, 1.165) is 38.1 Å². The molecule has 1 saturated carbocycles. The number of nitrogens with one attached hydrogen (secondary N) is 1. The molecule has 3 nitrogen and oxygen atoms in total. The van der Waals surface area contributed by atoms with E-state index >= 15 is 0 Å². The van der Waals surface area contributed by atoms with Crippen LogP contribution in [0.5, 0.6) is 5.75 Å². The van der Waals surface area contributed by atoms with Crippen molar-refractivity contribution in [1.82, 2.24) is 10.2 Å². The second-order valence-corrected chi connectivity index (χ2v) is 6.72. The van der Waals surface area contributed by atoms with Gasteiger partial charge in [0.2, 0.25) is 0 Å². The van der Waals surface area contributed by atoms with Crippen molar-refractivity contribution in [2.75, 3.05) is 27.2 Å². The Labute approximate surface area is 141 Å². The minimum atomic E-state index is 0.351. The van der Waals surface area contributed by atoms with Crippen molar-refractivity contribution in [3.8, 4) is 5.75 Å². The van der Waals surface area contributed by atoms with E-state index in [1.807, 2.05) is 18.4 Å². The summed E-state index contributed by atoms with van der Waals surface area (Å²) in [6.07, 6.45) is 6.39. The number of nitrogens with zero attached hydrogens (tertiary/aromatic N) is 1. The number of benzene rings is 1. The Hall–Kier alpha value is -1.58. The first-order valence-electron chi connectivity index (χ1n) is 8.54. The highest BCUT2D eigenvalue weighted by Crippen LogP contribution is 2.27. The maximum atomic E-state index is 5.81. The van der Waals surface area contributed by atoms with Gasteiger partial charge in [0.05, 0.1) is 6.26 Å². The van der Waals surface area contributed by atoms with Crippen LogP contribution in [0.15, 0.2) is 48.3 Å². The minimum Gasteiger partial charge on any atom is -0.465 e. The van der Waals surface area contributed by atoms with Gasteiger partial charge in [-0.25, -0.2) is 0 Å².